The number of rotatable bonds is 7. The van der Waals surface area contributed by atoms with Gasteiger partial charge in [-0.15, -0.1) is 0 Å². The molecule has 1 aliphatic heterocycles. The number of nitrogens with one attached hydrogen (secondary N) is 2. The van der Waals surface area contributed by atoms with E-state index in [4.69, 9.17) is 10.5 Å². The normalized spacial score (nSPS) is 13.9. The smallest absolute Gasteiger partial charge is 0.254 e. The van der Waals surface area contributed by atoms with Gasteiger partial charge < -0.3 is 25.8 Å². The molecule has 30 heavy (non-hydrogen) atoms. The maximum Gasteiger partial charge on any atom is 0.254 e. The molecule has 5 N–H and O–H groups in total. The molecule has 0 radical (unpaired) electrons. The SMILES string of the molecule is NC(=O)c1c(NCc2ccc(O)cc2)n[nH]c1Cc1ccc(N2CCOCC2)cc1. The van der Waals surface area contributed by atoms with Gasteiger partial charge in [0.25, 0.3) is 5.91 Å². The molecule has 0 saturated carbocycles. The third kappa shape index (κ3) is 4.55. The van der Waals surface area contributed by atoms with Crippen molar-refractivity contribution in [3.8, 4) is 5.75 Å². The molecule has 1 aliphatic rings. The number of amides is 1. The molecule has 8 heteroatoms. The molecule has 0 unspecified atom stereocenters. The van der Waals surface area contributed by atoms with Gasteiger partial charge in [0.05, 0.1) is 18.9 Å². The topological polar surface area (TPSA) is 116 Å². The van der Waals surface area contributed by atoms with Crippen molar-refractivity contribution in [1.82, 2.24) is 10.2 Å². The van der Waals surface area contributed by atoms with E-state index in [9.17, 15) is 9.90 Å². The molecule has 0 spiro atoms. The third-order valence-electron chi connectivity index (χ3n) is 5.18. The van der Waals surface area contributed by atoms with Gasteiger partial charge in [-0.25, -0.2) is 0 Å². The van der Waals surface area contributed by atoms with Crippen molar-refractivity contribution in [1.29, 1.82) is 0 Å². The van der Waals surface area contributed by atoms with Crippen LogP contribution in [0.15, 0.2) is 48.5 Å². The molecule has 4 rings (SSSR count). The number of phenols is 1. The first-order chi connectivity index (χ1) is 14.6. The van der Waals surface area contributed by atoms with Crippen LogP contribution in [0.2, 0.25) is 0 Å². The van der Waals surface area contributed by atoms with Gasteiger partial charge in [0, 0.05) is 31.7 Å². The number of benzene rings is 2. The quantitative estimate of drug-likeness (QED) is 0.477. The summed E-state index contributed by atoms with van der Waals surface area (Å²) in [6, 6.07) is 15.1. The second-order valence-electron chi connectivity index (χ2n) is 7.25. The monoisotopic (exact) mass is 407 g/mol. The molecule has 1 aromatic heterocycles. The van der Waals surface area contributed by atoms with Crippen LogP contribution in [0.1, 0.15) is 27.2 Å². The summed E-state index contributed by atoms with van der Waals surface area (Å²) in [4.78, 5) is 14.4. The third-order valence-corrected chi connectivity index (χ3v) is 5.18. The summed E-state index contributed by atoms with van der Waals surface area (Å²) in [7, 11) is 0. The molecule has 8 nitrogen and oxygen atoms in total. The number of ether oxygens (including phenoxy) is 1. The number of anilines is 2. The summed E-state index contributed by atoms with van der Waals surface area (Å²) in [5, 5.41) is 19.7. The number of aromatic amines is 1. The number of aromatic nitrogens is 2. The van der Waals surface area contributed by atoms with Gasteiger partial charge in [-0.05, 0) is 35.4 Å². The van der Waals surface area contributed by atoms with Crippen LogP contribution in [0, 0.1) is 0 Å². The minimum atomic E-state index is -0.531. The largest absolute Gasteiger partial charge is 0.508 e. The van der Waals surface area contributed by atoms with Crippen LogP contribution >= 0.6 is 0 Å². The Labute approximate surface area is 174 Å². The van der Waals surface area contributed by atoms with Crippen LogP contribution in [-0.4, -0.2) is 47.5 Å². The molecule has 2 heterocycles. The highest BCUT2D eigenvalue weighted by Crippen LogP contribution is 2.22. The highest BCUT2D eigenvalue weighted by molar-refractivity contribution is 5.98. The second-order valence-corrected chi connectivity index (χ2v) is 7.25. The molecule has 2 aromatic carbocycles. The van der Waals surface area contributed by atoms with Crippen LogP contribution in [0.3, 0.4) is 0 Å². The summed E-state index contributed by atoms with van der Waals surface area (Å²) in [6.45, 7) is 3.73. The summed E-state index contributed by atoms with van der Waals surface area (Å²) in [5.41, 5.74) is 9.85. The number of H-pyrrole nitrogens is 1. The number of phenolic OH excluding ortho intramolecular Hbond substituents is 1. The van der Waals surface area contributed by atoms with E-state index in [0.29, 0.717) is 30.0 Å². The van der Waals surface area contributed by atoms with E-state index in [1.54, 1.807) is 24.3 Å². The maximum absolute atomic E-state index is 12.1. The van der Waals surface area contributed by atoms with E-state index in [0.717, 1.165) is 43.1 Å². The van der Waals surface area contributed by atoms with E-state index < -0.39 is 5.91 Å². The standard InChI is InChI=1S/C22H25N5O3/c23-21(29)20-19(25-26-22(20)24-14-16-3-7-18(28)8-4-16)13-15-1-5-17(6-2-15)27-9-11-30-12-10-27/h1-8,28H,9-14H2,(H2,23,29)(H2,24,25,26). The molecule has 1 fully saturated rings. The van der Waals surface area contributed by atoms with E-state index in [-0.39, 0.29) is 5.75 Å². The number of carbonyl (C=O) groups excluding carboxylic acids is 1. The first-order valence-electron chi connectivity index (χ1n) is 9.90. The lowest BCUT2D eigenvalue weighted by atomic mass is 10.1. The van der Waals surface area contributed by atoms with E-state index in [1.165, 1.54) is 0 Å². The van der Waals surface area contributed by atoms with Crippen molar-refractivity contribution >= 4 is 17.4 Å². The van der Waals surface area contributed by atoms with Gasteiger partial charge in [0.2, 0.25) is 0 Å². The lowest BCUT2D eigenvalue weighted by molar-refractivity contribution is 0.100. The number of nitrogens with two attached hydrogens (primary N) is 1. The molecule has 156 valence electrons. The summed E-state index contributed by atoms with van der Waals surface area (Å²) < 4.78 is 5.40. The summed E-state index contributed by atoms with van der Waals surface area (Å²) in [5.74, 6) is 0.102. The predicted octanol–water partition coefficient (Wildman–Crippen LogP) is 2.25. The molecular formula is C22H25N5O3. The second kappa shape index (κ2) is 8.87. The first-order valence-corrected chi connectivity index (χ1v) is 9.90. The van der Waals surface area contributed by atoms with Crippen molar-refractivity contribution in [2.24, 2.45) is 5.73 Å². The molecule has 1 amide bonds. The van der Waals surface area contributed by atoms with Crippen LogP contribution < -0.4 is 16.0 Å². The fraction of sp³-hybridized carbons (Fsp3) is 0.273. The molecular weight excluding hydrogens is 382 g/mol. The average Bonchev–Trinajstić information content (AvgIpc) is 3.17. The fourth-order valence-electron chi connectivity index (χ4n) is 3.55. The van der Waals surface area contributed by atoms with Gasteiger partial charge in [-0.2, -0.15) is 5.10 Å². The number of aromatic hydroxyl groups is 1. The number of carbonyl (C=O) groups is 1. The average molecular weight is 407 g/mol. The number of morpholine rings is 1. The Morgan fingerprint density at radius 3 is 2.43 bits per heavy atom. The number of primary amides is 1. The molecule has 1 saturated heterocycles. The van der Waals surface area contributed by atoms with E-state index in [2.05, 4.69) is 44.7 Å². The van der Waals surface area contributed by atoms with E-state index in [1.807, 2.05) is 0 Å². The lowest BCUT2D eigenvalue weighted by Crippen LogP contribution is -2.36. The minimum Gasteiger partial charge on any atom is -0.508 e. The summed E-state index contributed by atoms with van der Waals surface area (Å²) in [6.07, 6.45) is 0.523. The van der Waals surface area contributed by atoms with Crippen molar-refractivity contribution in [3.05, 3.63) is 70.9 Å². The van der Waals surface area contributed by atoms with Crippen molar-refractivity contribution < 1.29 is 14.6 Å². The molecule has 0 atom stereocenters. The Morgan fingerprint density at radius 1 is 1.10 bits per heavy atom. The zero-order valence-corrected chi connectivity index (χ0v) is 16.6. The predicted molar refractivity (Wildman–Crippen MR) is 115 cm³/mol. The Kier molecular flexibility index (Phi) is 5.85. The summed E-state index contributed by atoms with van der Waals surface area (Å²) >= 11 is 0. The minimum absolute atomic E-state index is 0.207. The van der Waals surface area contributed by atoms with Crippen LogP contribution in [0.5, 0.6) is 5.75 Å². The Bertz CT molecular complexity index is 993. The first kappa shape index (κ1) is 19.8. The van der Waals surface area contributed by atoms with Crippen molar-refractivity contribution in [2.75, 3.05) is 36.5 Å². The number of hydrogen-bond acceptors (Lipinski definition) is 6. The zero-order valence-electron chi connectivity index (χ0n) is 16.6. The molecule has 0 aliphatic carbocycles. The van der Waals surface area contributed by atoms with Crippen LogP contribution in [-0.2, 0) is 17.7 Å². The highest BCUT2D eigenvalue weighted by Gasteiger charge is 2.19. The maximum atomic E-state index is 12.1. The van der Waals surface area contributed by atoms with Gasteiger partial charge in [0.15, 0.2) is 5.82 Å². The number of hydrogen-bond donors (Lipinski definition) is 4. The van der Waals surface area contributed by atoms with E-state index >= 15 is 0 Å². The Balaban J connectivity index is 1.46. The van der Waals surface area contributed by atoms with Crippen molar-refractivity contribution in [2.45, 2.75) is 13.0 Å². The van der Waals surface area contributed by atoms with Crippen LogP contribution in [0.4, 0.5) is 11.5 Å². The van der Waals surface area contributed by atoms with Gasteiger partial charge in [-0.3, -0.25) is 9.89 Å². The Morgan fingerprint density at radius 2 is 1.77 bits per heavy atom. The van der Waals surface area contributed by atoms with Gasteiger partial charge in [0.1, 0.15) is 11.3 Å². The Hall–Kier alpha value is -3.52. The molecule has 0 bridgehead atoms. The van der Waals surface area contributed by atoms with Gasteiger partial charge in [-0.1, -0.05) is 24.3 Å². The van der Waals surface area contributed by atoms with Gasteiger partial charge >= 0.3 is 0 Å². The molecule has 3 aromatic rings. The van der Waals surface area contributed by atoms with Crippen molar-refractivity contribution in [3.63, 3.8) is 0 Å². The number of nitrogens with zero attached hydrogens (tertiary/aromatic N) is 2. The fourth-order valence-corrected chi connectivity index (χ4v) is 3.55. The lowest BCUT2D eigenvalue weighted by Gasteiger charge is -2.28. The zero-order chi connectivity index (χ0) is 20.9. The highest BCUT2D eigenvalue weighted by atomic mass is 16.5. The van der Waals surface area contributed by atoms with Crippen LogP contribution in [0.25, 0.3) is 0 Å².